The summed E-state index contributed by atoms with van der Waals surface area (Å²) >= 11 is 5.47. The molecule has 0 saturated heterocycles. The summed E-state index contributed by atoms with van der Waals surface area (Å²) in [6.07, 6.45) is -0.119. The van der Waals surface area contributed by atoms with Gasteiger partial charge in [0, 0.05) is 0 Å². The molecule has 0 aliphatic heterocycles. The maximum atomic E-state index is 13.0. The minimum Gasteiger partial charge on any atom is -0.369 e. The Balaban J connectivity index is 3.00. The summed E-state index contributed by atoms with van der Waals surface area (Å²) in [6.45, 7) is 0. The average Bonchev–Trinajstić information content (AvgIpc) is 1.98. The van der Waals surface area contributed by atoms with Crippen LogP contribution in [0.1, 0.15) is 5.56 Å². The van der Waals surface area contributed by atoms with E-state index in [9.17, 15) is 9.18 Å². The van der Waals surface area contributed by atoms with Crippen LogP contribution < -0.4 is 5.73 Å². The van der Waals surface area contributed by atoms with Crippen LogP contribution in [0.4, 0.5) is 4.39 Å². The zero-order chi connectivity index (χ0) is 9.14. The van der Waals surface area contributed by atoms with Crippen LogP contribution in [0.3, 0.4) is 0 Å². The van der Waals surface area contributed by atoms with E-state index in [1.807, 2.05) is 0 Å². The highest BCUT2D eigenvalue weighted by Gasteiger charge is 2.07. The van der Waals surface area contributed by atoms with Gasteiger partial charge in [-0.3, -0.25) is 4.79 Å². The third-order valence-electron chi connectivity index (χ3n) is 1.40. The quantitative estimate of drug-likeness (QED) is 0.749. The Labute approximate surface area is 74.1 Å². The van der Waals surface area contributed by atoms with Crippen molar-refractivity contribution in [3.8, 4) is 0 Å². The molecule has 0 bridgehead atoms. The van der Waals surface area contributed by atoms with Crippen LogP contribution in [0.5, 0.6) is 0 Å². The van der Waals surface area contributed by atoms with Crippen molar-refractivity contribution < 1.29 is 9.18 Å². The number of hydrogen-bond donors (Lipinski definition) is 1. The second-order valence-corrected chi connectivity index (χ2v) is 2.76. The minimum absolute atomic E-state index is 0.00810. The van der Waals surface area contributed by atoms with Gasteiger partial charge in [0.1, 0.15) is 5.82 Å². The van der Waals surface area contributed by atoms with Gasteiger partial charge in [0.15, 0.2) is 0 Å². The molecular formula is C8H7ClFNO. The van der Waals surface area contributed by atoms with Crippen LogP contribution in [0.15, 0.2) is 18.2 Å². The molecule has 0 unspecified atom stereocenters. The van der Waals surface area contributed by atoms with Crippen molar-refractivity contribution >= 4 is 17.5 Å². The van der Waals surface area contributed by atoms with Gasteiger partial charge >= 0.3 is 0 Å². The molecule has 0 saturated carbocycles. The van der Waals surface area contributed by atoms with E-state index in [4.69, 9.17) is 17.3 Å². The number of primary amides is 1. The van der Waals surface area contributed by atoms with Crippen LogP contribution in [0, 0.1) is 5.82 Å². The van der Waals surface area contributed by atoms with Crippen molar-refractivity contribution in [3.05, 3.63) is 34.6 Å². The first-order valence-corrected chi connectivity index (χ1v) is 3.70. The maximum Gasteiger partial charge on any atom is 0.221 e. The summed E-state index contributed by atoms with van der Waals surface area (Å²) in [5, 5.41) is 0.00810. The van der Waals surface area contributed by atoms with Crippen molar-refractivity contribution in [1.82, 2.24) is 0 Å². The monoisotopic (exact) mass is 187 g/mol. The molecule has 1 aromatic rings. The summed E-state index contributed by atoms with van der Waals surface area (Å²) in [4.78, 5) is 10.4. The number of hydrogen-bond acceptors (Lipinski definition) is 1. The number of carbonyl (C=O) groups is 1. The highest BCUT2D eigenvalue weighted by atomic mass is 35.5. The average molecular weight is 188 g/mol. The van der Waals surface area contributed by atoms with Crippen LogP contribution in [0.2, 0.25) is 5.02 Å². The molecule has 0 spiro atoms. The molecule has 4 heteroatoms. The Morgan fingerprint density at radius 1 is 1.58 bits per heavy atom. The van der Waals surface area contributed by atoms with Gasteiger partial charge in [0.2, 0.25) is 5.91 Å². The zero-order valence-corrected chi connectivity index (χ0v) is 6.94. The van der Waals surface area contributed by atoms with Gasteiger partial charge in [0.05, 0.1) is 11.4 Å². The zero-order valence-electron chi connectivity index (χ0n) is 6.18. The minimum atomic E-state index is -0.573. The third kappa shape index (κ3) is 1.95. The highest BCUT2D eigenvalue weighted by molar-refractivity contribution is 6.30. The Bertz CT molecular complexity index is 314. The van der Waals surface area contributed by atoms with E-state index >= 15 is 0 Å². The lowest BCUT2D eigenvalue weighted by atomic mass is 10.1. The largest absolute Gasteiger partial charge is 0.369 e. The van der Waals surface area contributed by atoms with Crippen LogP contribution >= 0.6 is 11.6 Å². The van der Waals surface area contributed by atoms with Crippen molar-refractivity contribution in [2.75, 3.05) is 0 Å². The lowest BCUT2D eigenvalue weighted by Gasteiger charge is -2.00. The van der Waals surface area contributed by atoms with E-state index in [0.29, 0.717) is 0 Å². The first-order valence-electron chi connectivity index (χ1n) is 3.32. The van der Waals surface area contributed by atoms with Crippen molar-refractivity contribution in [1.29, 1.82) is 0 Å². The molecule has 0 heterocycles. The predicted octanol–water partition coefficient (Wildman–Crippen LogP) is 1.51. The molecule has 0 atom stereocenters. The number of nitrogens with two attached hydrogens (primary N) is 1. The first kappa shape index (κ1) is 9.00. The van der Waals surface area contributed by atoms with E-state index in [-0.39, 0.29) is 17.0 Å². The number of carbonyl (C=O) groups excluding carboxylic acids is 1. The molecule has 0 aliphatic carbocycles. The smallest absolute Gasteiger partial charge is 0.221 e. The first-order chi connectivity index (χ1) is 5.61. The topological polar surface area (TPSA) is 43.1 Å². The van der Waals surface area contributed by atoms with Gasteiger partial charge in [-0.15, -0.1) is 0 Å². The predicted molar refractivity (Wildman–Crippen MR) is 44.3 cm³/mol. The van der Waals surface area contributed by atoms with Gasteiger partial charge in [-0.2, -0.15) is 0 Å². The van der Waals surface area contributed by atoms with E-state index in [1.165, 1.54) is 12.1 Å². The number of rotatable bonds is 2. The van der Waals surface area contributed by atoms with Crippen LogP contribution in [0.25, 0.3) is 0 Å². The number of benzene rings is 1. The standard InChI is InChI=1S/C8H7ClFNO/c9-6-3-1-2-5(8(6)10)4-7(11)12/h1-3H,4H2,(H2,11,12). The Hall–Kier alpha value is -1.09. The maximum absolute atomic E-state index is 13.0. The van der Waals surface area contributed by atoms with E-state index in [0.717, 1.165) is 0 Å². The molecule has 2 nitrogen and oxygen atoms in total. The number of halogens is 2. The Morgan fingerprint density at radius 2 is 2.25 bits per heavy atom. The molecule has 0 radical (unpaired) electrons. The summed E-state index contributed by atoms with van der Waals surface area (Å²) in [6, 6.07) is 4.47. The molecule has 64 valence electrons. The Morgan fingerprint density at radius 3 is 2.83 bits per heavy atom. The fourth-order valence-electron chi connectivity index (χ4n) is 0.873. The third-order valence-corrected chi connectivity index (χ3v) is 1.69. The van der Waals surface area contributed by atoms with Gasteiger partial charge in [-0.05, 0) is 11.6 Å². The molecule has 0 aromatic heterocycles. The van der Waals surface area contributed by atoms with Gasteiger partial charge in [0.25, 0.3) is 0 Å². The van der Waals surface area contributed by atoms with Gasteiger partial charge < -0.3 is 5.73 Å². The lowest BCUT2D eigenvalue weighted by molar-refractivity contribution is -0.117. The van der Waals surface area contributed by atoms with Crippen molar-refractivity contribution in [3.63, 3.8) is 0 Å². The summed E-state index contributed by atoms with van der Waals surface area (Å²) in [5.41, 5.74) is 5.13. The fraction of sp³-hybridized carbons (Fsp3) is 0.125. The summed E-state index contributed by atoms with van der Waals surface area (Å²) < 4.78 is 13.0. The molecule has 1 rings (SSSR count). The SMILES string of the molecule is NC(=O)Cc1cccc(Cl)c1F. The highest BCUT2D eigenvalue weighted by Crippen LogP contribution is 2.17. The molecule has 12 heavy (non-hydrogen) atoms. The summed E-state index contributed by atoms with van der Waals surface area (Å²) in [5.74, 6) is -1.14. The van der Waals surface area contributed by atoms with Crippen molar-refractivity contribution in [2.45, 2.75) is 6.42 Å². The van der Waals surface area contributed by atoms with E-state index in [2.05, 4.69) is 0 Å². The van der Waals surface area contributed by atoms with Crippen molar-refractivity contribution in [2.24, 2.45) is 5.73 Å². The van der Waals surface area contributed by atoms with Crippen LogP contribution in [-0.2, 0) is 11.2 Å². The molecular weight excluding hydrogens is 181 g/mol. The fourth-order valence-corrected chi connectivity index (χ4v) is 1.07. The molecule has 0 fully saturated rings. The second kappa shape index (κ2) is 3.54. The number of amides is 1. The van der Waals surface area contributed by atoms with E-state index < -0.39 is 11.7 Å². The van der Waals surface area contributed by atoms with E-state index in [1.54, 1.807) is 6.07 Å². The molecule has 2 N–H and O–H groups in total. The van der Waals surface area contributed by atoms with Gasteiger partial charge in [-0.25, -0.2) is 4.39 Å². The normalized spacial score (nSPS) is 9.83. The summed E-state index contributed by atoms with van der Waals surface area (Å²) in [7, 11) is 0. The Kier molecular flexibility index (Phi) is 2.65. The van der Waals surface area contributed by atoms with Gasteiger partial charge in [-0.1, -0.05) is 23.7 Å². The lowest BCUT2D eigenvalue weighted by Crippen LogP contribution is -2.14. The second-order valence-electron chi connectivity index (χ2n) is 2.36. The molecule has 1 amide bonds. The van der Waals surface area contributed by atoms with Crippen LogP contribution in [-0.4, -0.2) is 5.91 Å². The molecule has 0 aliphatic rings. The molecule has 1 aromatic carbocycles.